The van der Waals surface area contributed by atoms with Crippen molar-refractivity contribution >= 4 is 45.0 Å². The molecule has 0 saturated carbocycles. The minimum absolute atomic E-state index is 0.0966. The summed E-state index contributed by atoms with van der Waals surface area (Å²) in [5.41, 5.74) is 5.58. The largest absolute Gasteiger partial charge is 0.454 e. The van der Waals surface area contributed by atoms with Crippen LogP contribution < -0.4 is 14.8 Å². The summed E-state index contributed by atoms with van der Waals surface area (Å²) in [6.45, 7) is 0.626. The molecule has 0 fully saturated rings. The van der Waals surface area contributed by atoms with Crippen LogP contribution in [0.2, 0.25) is 0 Å². The zero-order valence-electron chi connectivity index (χ0n) is 21.4. The Hall–Kier alpha value is -5.28. The number of nitrogens with zero attached hydrogens (tertiary/aromatic N) is 6. The van der Waals surface area contributed by atoms with Crippen LogP contribution in [0.5, 0.6) is 11.5 Å². The van der Waals surface area contributed by atoms with E-state index in [0.29, 0.717) is 35.6 Å². The Labute approximate surface area is 237 Å². The van der Waals surface area contributed by atoms with Gasteiger partial charge in [0.15, 0.2) is 11.5 Å². The summed E-state index contributed by atoms with van der Waals surface area (Å²) in [7, 11) is 0. The maximum atomic E-state index is 12.5. The minimum Gasteiger partial charge on any atom is -0.454 e. The van der Waals surface area contributed by atoms with E-state index >= 15 is 0 Å². The predicted octanol–water partition coefficient (Wildman–Crippen LogP) is 3.71. The second-order valence-corrected chi connectivity index (χ2v) is 9.97. The zero-order chi connectivity index (χ0) is 28.2. The summed E-state index contributed by atoms with van der Waals surface area (Å²) in [4.78, 5) is 32.1. The van der Waals surface area contributed by atoms with Crippen LogP contribution in [0.1, 0.15) is 27.0 Å². The number of fused-ring (bicyclic) bond motifs is 4. The molecule has 7 rings (SSSR count). The molecule has 3 aromatic carbocycles. The highest BCUT2D eigenvalue weighted by Crippen LogP contribution is 2.32. The number of hydrogen-bond acceptors (Lipinski definition) is 10. The fraction of sp³-hybridized carbons (Fsp3) is 0.138. The van der Waals surface area contributed by atoms with Crippen LogP contribution in [-0.2, 0) is 17.8 Å². The van der Waals surface area contributed by atoms with Crippen molar-refractivity contribution in [1.82, 2.24) is 24.9 Å². The molecule has 11 nitrogen and oxygen atoms in total. The Kier molecular flexibility index (Phi) is 7.25. The lowest BCUT2D eigenvalue weighted by Crippen LogP contribution is -2.22. The average molecular weight is 564 g/mol. The van der Waals surface area contributed by atoms with E-state index in [2.05, 4.69) is 31.6 Å². The molecule has 202 valence electrons. The number of aliphatic imine (C=N–C) groups is 1. The van der Waals surface area contributed by atoms with Gasteiger partial charge in [0.05, 0.1) is 22.7 Å². The Bertz CT molecular complexity index is 1850. The van der Waals surface area contributed by atoms with Crippen molar-refractivity contribution in [3.63, 3.8) is 0 Å². The molecule has 12 heteroatoms. The lowest BCUT2D eigenvalue weighted by Gasteiger charge is -2.08. The molecule has 0 bridgehead atoms. The van der Waals surface area contributed by atoms with Crippen molar-refractivity contribution in [3.8, 4) is 17.6 Å². The first-order valence-corrected chi connectivity index (χ1v) is 13.4. The van der Waals surface area contributed by atoms with E-state index in [1.54, 1.807) is 40.7 Å². The molecule has 2 aromatic heterocycles. The van der Waals surface area contributed by atoms with Crippen LogP contribution in [0.4, 0.5) is 0 Å². The molecule has 1 atom stereocenters. The normalized spacial score (nSPS) is 15.0. The van der Waals surface area contributed by atoms with Gasteiger partial charge < -0.3 is 14.8 Å². The van der Waals surface area contributed by atoms with E-state index in [0.717, 1.165) is 39.5 Å². The Morgan fingerprint density at radius 2 is 1.90 bits per heavy atom. The molecule has 0 radical (unpaired) electrons. The first kappa shape index (κ1) is 26.0. The number of ether oxygens (including phenoxy) is 2. The number of carbonyl (C=O) groups is 2. The van der Waals surface area contributed by atoms with E-state index in [1.807, 2.05) is 42.5 Å². The first-order valence-electron chi connectivity index (χ1n) is 12.5. The lowest BCUT2D eigenvalue weighted by molar-refractivity contribution is -0.111. The molecule has 1 amide bonds. The molecule has 2 aliphatic heterocycles. The third-order valence-corrected chi connectivity index (χ3v) is 7.22. The van der Waals surface area contributed by atoms with Gasteiger partial charge in [-0.2, -0.15) is 5.26 Å². The fourth-order valence-corrected chi connectivity index (χ4v) is 4.94. The molecule has 0 spiro atoms. The number of amides is 1. The number of hydrogen-bond donors (Lipinski definition) is 1. The van der Waals surface area contributed by atoms with E-state index in [4.69, 9.17) is 14.7 Å². The van der Waals surface area contributed by atoms with Gasteiger partial charge >= 0.3 is 0 Å². The molecular formula is C29H21N7O4S. The van der Waals surface area contributed by atoms with Gasteiger partial charge in [-0.25, -0.2) is 4.98 Å². The Morgan fingerprint density at radius 1 is 1.07 bits per heavy atom. The van der Waals surface area contributed by atoms with Crippen LogP contribution in [0, 0.1) is 11.3 Å². The summed E-state index contributed by atoms with van der Waals surface area (Å²) in [5, 5.41) is 20.3. The van der Waals surface area contributed by atoms with Gasteiger partial charge in [0.2, 0.25) is 11.9 Å². The van der Waals surface area contributed by atoms with Gasteiger partial charge in [-0.15, -0.1) is 10.2 Å². The lowest BCUT2D eigenvalue weighted by atomic mass is 10.1. The van der Waals surface area contributed by atoms with E-state index in [9.17, 15) is 9.59 Å². The third kappa shape index (κ3) is 5.70. The summed E-state index contributed by atoms with van der Waals surface area (Å²) < 4.78 is 12.4. The van der Waals surface area contributed by atoms with Gasteiger partial charge in [-0.3, -0.25) is 19.0 Å². The molecule has 2 aliphatic rings. The highest BCUT2D eigenvalue weighted by Gasteiger charge is 2.21. The van der Waals surface area contributed by atoms with Crippen molar-refractivity contribution in [1.29, 1.82) is 5.26 Å². The molecule has 0 saturated heterocycles. The van der Waals surface area contributed by atoms with E-state index in [-0.39, 0.29) is 23.9 Å². The molecular weight excluding hydrogens is 542 g/mol. The number of carbonyl (C=O) groups excluding carboxylic acids is 2. The van der Waals surface area contributed by atoms with Crippen LogP contribution >= 0.6 is 11.8 Å². The minimum atomic E-state index is -0.247. The molecule has 5 aromatic rings. The second kappa shape index (κ2) is 11.4. The zero-order valence-corrected chi connectivity index (χ0v) is 22.2. The Balaban J connectivity index is 0.000000172. The maximum absolute atomic E-state index is 12.5. The number of benzene rings is 3. The van der Waals surface area contributed by atoms with Crippen LogP contribution in [0.15, 0.2) is 78.2 Å². The standard InChI is InChI=1S/C18H13N5O3.C11H8N2OS/c24-17(19-7-11-1-4-15-16(5-11)26-10-25-15)12-2-3-13-8-20-18-22-21-9-23(18)14(13)6-12;12-6-9-3-1-8(2-4-9)5-10-11(14)15-7-13-10/h1-6,8-9H,7,10H2,(H,19,24);1-4,7,10H,5H2. The number of rotatable bonds is 5. The van der Waals surface area contributed by atoms with E-state index < -0.39 is 0 Å². The van der Waals surface area contributed by atoms with Crippen molar-refractivity contribution in [2.45, 2.75) is 19.0 Å². The molecule has 1 unspecified atom stereocenters. The van der Waals surface area contributed by atoms with Gasteiger partial charge in [-0.05, 0) is 59.3 Å². The number of nitriles is 1. The van der Waals surface area contributed by atoms with Gasteiger partial charge in [0, 0.05) is 30.1 Å². The highest BCUT2D eigenvalue weighted by atomic mass is 32.2. The second-order valence-electron chi connectivity index (χ2n) is 9.12. The number of thioether (sulfide) groups is 1. The van der Waals surface area contributed by atoms with Crippen LogP contribution in [0.3, 0.4) is 0 Å². The van der Waals surface area contributed by atoms with Crippen molar-refractivity contribution < 1.29 is 19.1 Å². The molecule has 1 N–H and O–H groups in total. The molecule has 41 heavy (non-hydrogen) atoms. The van der Waals surface area contributed by atoms with Crippen molar-refractivity contribution in [3.05, 3.63) is 95.4 Å². The van der Waals surface area contributed by atoms with Gasteiger partial charge in [0.25, 0.3) is 11.7 Å². The van der Waals surface area contributed by atoms with Crippen molar-refractivity contribution in [2.24, 2.45) is 4.99 Å². The maximum Gasteiger partial charge on any atom is 0.255 e. The van der Waals surface area contributed by atoms with Crippen LogP contribution in [0.25, 0.3) is 16.7 Å². The number of nitrogens with one attached hydrogen (secondary N) is 1. The SMILES string of the molecule is N#Cc1ccc(CC2N=CSC2=O)cc1.O=C(NCc1ccc2c(c1)OCO2)c1ccc2cnc3nncn3c2c1. The van der Waals surface area contributed by atoms with Gasteiger partial charge in [0.1, 0.15) is 12.4 Å². The van der Waals surface area contributed by atoms with Crippen LogP contribution in [-0.4, -0.2) is 49.0 Å². The number of aromatic nitrogens is 4. The quantitative estimate of drug-likeness (QED) is 0.338. The van der Waals surface area contributed by atoms with Crippen molar-refractivity contribution in [2.75, 3.05) is 6.79 Å². The summed E-state index contributed by atoms with van der Waals surface area (Å²) >= 11 is 1.15. The summed E-state index contributed by atoms with van der Waals surface area (Å²) in [5.74, 6) is 1.75. The first-order chi connectivity index (χ1) is 20.1. The third-order valence-electron chi connectivity index (χ3n) is 6.48. The topological polar surface area (TPSA) is 144 Å². The summed E-state index contributed by atoms with van der Waals surface area (Å²) in [6.07, 6.45) is 3.92. The van der Waals surface area contributed by atoms with E-state index in [1.165, 1.54) is 0 Å². The van der Waals surface area contributed by atoms with Gasteiger partial charge in [-0.1, -0.05) is 24.3 Å². The predicted molar refractivity (Wildman–Crippen MR) is 152 cm³/mol. The monoisotopic (exact) mass is 563 g/mol. The summed E-state index contributed by atoms with van der Waals surface area (Å²) in [6, 6.07) is 20.1. The average Bonchev–Trinajstić information content (AvgIpc) is 3.77. The molecule has 4 heterocycles. The smallest absolute Gasteiger partial charge is 0.255 e. The highest BCUT2D eigenvalue weighted by molar-refractivity contribution is 8.25. The molecule has 0 aliphatic carbocycles. The Morgan fingerprint density at radius 3 is 2.71 bits per heavy atom. The fourth-order valence-electron chi connectivity index (χ4n) is 4.32.